The van der Waals surface area contributed by atoms with Crippen LogP contribution in [-0.2, 0) is 0 Å². The lowest BCUT2D eigenvalue weighted by Gasteiger charge is -2.13. The molecule has 1 saturated heterocycles. The van der Waals surface area contributed by atoms with Crippen LogP contribution in [0.25, 0.3) is 11.3 Å². The highest BCUT2D eigenvalue weighted by Gasteiger charge is 2.14. The number of carbonyl (C=O) groups is 1. The largest absolute Gasteiger partial charge is 0.453 e. The first-order valence-corrected chi connectivity index (χ1v) is 7.74. The zero-order valence-corrected chi connectivity index (χ0v) is 12.3. The molecule has 0 radical (unpaired) electrons. The highest BCUT2D eigenvalue weighted by molar-refractivity contribution is 5.93. The highest BCUT2D eigenvalue weighted by atomic mass is 16.3. The molecule has 0 spiro atoms. The summed E-state index contributed by atoms with van der Waals surface area (Å²) in [7, 11) is 0. The Kier molecular flexibility index (Phi) is 4.51. The first kappa shape index (κ1) is 14.1. The van der Waals surface area contributed by atoms with Crippen molar-refractivity contribution in [3.63, 3.8) is 0 Å². The monoisotopic (exact) mass is 283 g/mol. The predicted molar refractivity (Wildman–Crippen MR) is 83.4 cm³/mol. The van der Waals surface area contributed by atoms with Gasteiger partial charge in [0.2, 0.25) is 0 Å². The van der Waals surface area contributed by atoms with E-state index in [9.17, 15) is 4.79 Å². The fraction of sp³-hybridized carbons (Fsp3) is 0.389. The Morgan fingerprint density at radius 3 is 2.57 bits per heavy atom. The average Bonchev–Trinajstić information content (AvgIpc) is 3.20. The molecule has 1 aliphatic rings. The maximum Gasteiger partial charge on any atom is 0.198 e. The maximum atomic E-state index is 12.2. The summed E-state index contributed by atoms with van der Waals surface area (Å²) in [5.41, 5.74) is 1.01. The normalized spacial score (nSPS) is 15.4. The van der Waals surface area contributed by atoms with Crippen LogP contribution in [0.2, 0.25) is 0 Å². The third kappa shape index (κ3) is 3.61. The summed E-state index contributed by atoms with van der Waals surface area (Å²) in [6.07, 6.45) is 4.08. The van der Waals surface area contributed by atoms with E-state index < -0.39 is 0 Å². The van der Waals surface area contributed by atoms with Crippen molar-refractivity contribution in [3.8, 4) is 11.3 Å². The Hall–Kier alpha value is -1.87. The van der Waals surface area contributed by atoms with E-state index in [4.69, 9.17) is 4.42 Å². The predicted octanol–water partition coefficient (Wildman–Crippen LogP) is 4.01. The van der Waals surface area contributed by atoms with Gasteiger partial charge in [0, 0.05) is 12.0 Å². The maximum absolute atomic E-state index is 12.2. The lowest BCUT2D eigenvalue weighted by atomic mass is 10.1. The molecule has 0 unspecified atom stereocenters. The third-order valence-electron chi connectivity index (χ3n) is 4.02. The first-order valence-electron chi connectivity index (χ1n) is 7.74. The number of likely N-dealkylation sites (tertiary alicyclic amines) is 1. The van der Waals surface area contributed by atoms with Crippen molar-refractivity contribution in [2.75, 3.05) is 19.6 Å². The molecule has 0 bridgehead atoms. The van der Waals surface area contributed by atoms with E-state index in [1.54, 1.807) is 6.07 Å². The van der Waals surface area contributed by atoms with Crippen LogP contribution >= 0.6 is 0 Å². The molecule has 2 heterocycles. The summed E-state index contributed by atoms with van der Waals surface area (Å²) in [4.78, 5) is 14.6. The fourth-order valence-electron chi connectivity index (χ4n) is 2.84. The van der Waals surface area contributed by atoms with E-state index in [0.29, 0.717) is 12.2 Å². The molecule has 3 nitrogen and oxygen atoms in total. The minimum atomic E-state index is 0.108. The van der Waals surface area contributed by atoms with E-state index in [0.717, 1.165) is 24.3 Å². The summed E-state index contributed by atoms with van der Waals surface area (Å²) >= 11 is 0. The van der Waals surface area contributed by atoms with Crippen molar-refractivity contribution in [2.45, 2.75) is 25.7 Å². The van der Waals surface area contributed by atoms with E-state index >= 15 is 0 Å². The van der Waals surface area contributed by atoms with Crippen molar-refractivity contribution in [2.24, 2.45) is 0 Å². The van der Waals surface area contributed by atoms with Crippen LogP contribution in [0.15, 0.2) is 46.9 Å². The molecule has 1 aromatic carbocycles. The number of nitrogens with zero attached hydrogens (tertiary/aromatic N) is 1. The molecule has 1 aromatic heterocycles. The molecule has 3 heteroatoms. The van der Waals surface area contributed by atoms with Crippen LogP contribution in [-0.4, -0.2) is 30.3 Å². The molecule has 3 rings (SSSR count). The topological polar surface area (TPSA) is 33.5 Å². The molecule has 0 aliphatic carbocycles. The molecule has 1 aliphatic heterocycles. The van der Waals surface area contributed by atoms with E-state index in [2.05, 4.69) is 4.90 Å². The number of ketones is 1. The SMILES string of the molecule is O=C(CCCN1CCCC1)c1ccc(-c2ccccc2)o1. The molecule has 110 valence electrons. The Morgan fingerprint density at radius 1 is 1.05 bits per heavy atom. The van der Waals surface area contributed by atoms with Crippen LogP contribution in [0, 0.1) is 0 Å². The van der Waals surface area contributed by atoms with Gasteiger partial charge in [-0.25, -0.2) is 0 Å². The van der Waals surface area contributed by atoms with Crippen LogP contribution in [0.1, 0.15) is 36.2 Å². The molecule has 1 fully saturated rings. The van der Waals surface area contributed by atoms with Gasteiger partial charge in [0.15, 0.2) is 11.5 Å². The van der Waals surface area contributed by atoms with Crippen LogP contribution < -0.4 is 0 Å². The highest BCUT2D eigenvalue weighted by Crippen LogP contribution is 2.22. The van der Waals surface area contributed by atoms with Crippen LogP contribution in [0.5, 0.6) is 0 Å². The quantitative estimate of drug-likeness (QED) is 0.751. The summed E-state index contributed by atoms with van der Waals surface area (Å²) in [6, 6.07) is 13.5. The second-order valence-electron chi connectivity index (χ2n) is 5.61. The smallest absolute Gasteiger partial charge is 0.198 e. The Bertz CT molecular complexity index is 582. The van der Waals surface area contributed by atoms with Gasteiger partial charge in [0.1, 0.15) is 5.76 Å². The lowest BCUT2D eigenvalue weighted by Crippen LogP contribution is -2.20. The first-order chi connectivity index (χ1) is 10.3. The molecular weight excluding hydrogens is 262 g/mol. The minimum Gasteiger partial charge on any atom is -0.453 e. The van der Waals surface area contributed by atoms with Gasteiger partial charge in [0.25, 0.3) is 0 Å². The van der Waals surface area contributed by atoms with Gasteiger partial charge in [-0.05, 0) is 51.0 Å². The lowest BCUT2D eigenvalue weighted by molar-refractivity contribution is 0.0950. The van der Waals surface area contributed by atoms with Crippen molar-refractivity contribution in [1.82, 2.24) is 4.90 Å². The van der Waals surface area contributed by atoms with E-state index in [1.165, 1.54) is 25.9 Å². The number of hydrogen-bond donors (Lipinski definition) is 0. The Labute approximate surface area is 125 Å². The van der Waals surface area contributed by atoms with E-state index in [-0.39, 0.29) is 5.78 Å². The number of benzene rings is 1. The van der Waals surface area contributed by atoms with Crippen molar-refractivity contribution < 1.29 is 9.21 Å². The minimum absolute atomic E-state index is 0.108. The van der Waals surface area contributed by atoms with Gasteiger partial charge in [-0.3, -0.25) is 4.79 Å². The van der Waals surface area contributed by atoms with Crippen molar-refractivity contribution >= 4 is 5.78 Å². The summed E-state index contributed by atoms with van der Waals surface area (Å²) in [6.45, 7) is 3.40. The molecule has 0 atom stereocenters. The van der Waals surface area contributed by atoms with Crippen LogP contribution in [0.4, 0.5) is 0 Å². The summed E-state index contributed by atoms with van der Waals surface area (Å²) in [5, 5.41) is 0. The van der Waals surface area contributed by atoms with Crippen molar-refractivity contribution in [1.29, 1.82) is 0 Å². The Balaban J connectivity index is 1.54. The fourth-order valence-corrected chi connectivity index (χ4v) is 2.84. The number of rotatable bonds is 6. The van der Waals surface area contributed by atoms with Gasteiger partial charge in [-0.15, -0.1) is 0 Å². The van der Waals surface area contributed by atoms with Gasteiger partial charge in [-0.1, -0.05) is 30.3 Å². The van der Waals surface area contributed by atoms with Gasteiger partial charge in [0.05, 0.1) is 0 Å². The average molecular weight is 283 g/mol. The van der Waals surface area contributed by atoms with Crippen LogP contribution in [0.3, 0.4) is 0 Å². The van der Waals surface area contributed by atoms with Crippen molar-refractivity contribution in [3.05, 3.63) is 48.2 Å². The number of furan rings is 1. The number of Topliss-reactive ketones (excluding diaryl/α,β-unsaturated/α-hetero) is 1. The molecule has 2 aromatic rings. The van der Waals surface area contributed by atoms with Gasteiger partial charge < -0.3 is 9.32 Å². The molecular formula is C18H21NO2. The molecule has 21 heavy (non-hydrogen) atoms. The zero-order valence-electron chi connectivity index (χ0n) is 12.3. The molecule has 0 N–H and O–H groups in total. The van der Waals surface area contributed by atoms with Gasteiger partial charge >= 0.3 is 0 Å². The number of carbonyl (C=O) groups excluding carboxylic acids is 1. The Morgan fingerprint density at radius 2 is 1.81 bits per heavy atom. The third-order valence-corrected chi connectivity index (χ3v) is 4.02. The summed E-state index contributed by atoms with van der Waals surface area (Å²) in [5.74, 6) is 1.35. The molecule has 0 saturated carbocycles. The second-order valence-corrected chi connectivity index (χ2v) is 5.61. The standard InChI is InChI=1S/C18H21NO2/c20-16(9-6-14-19-12-4-5-13-19)18-11-10-17(21-18)15-7-2-1-3-8-15/h1-3,7-8,10-11H,4-6,9,12-14H2. The summed E-state index contributed by atoms with van der Waals surface area (Å²) < 4.78 is 5.69. The zero-order chi connectivity index (χ0) is 14.5. The second kappa shape index (κ2) is 6.72. The molecule has 0 amide bonds. The van der Waals surface area contributed by atoms with E-state index in [1.807, 2.05) is 36.4 Å². The van der Waals surface area contributed by atoms with Gasteiger partial charge in [-0.2, -0.15) is 0 Å². The number of hydrogen-bond acceptors (Lipinski definition) is 3.